The Morgan fingerprint density at radius 1 is 1.22 bits per heavy atom. The van der Waals surface area contributed by atoms with E-state index in [0.717, 1.165) is 30.9 Å². The minimum Gasteiger partial charge on any atom is -0.491 e. The van der Waals surface area contributed by atoms with Crippen LogP contribution in [0, 0.1) is 6.92 Å². The van der Waals surface area contributed by atoms with E-state index in [1.807, 2.05) is 31.2 Å². The van der Waals surface area contributed by atoms with Gasteiger partial charge in [-0.2, -0.15) is 0 Å². The fraction of sp³-hybridized carbons (Fsp3) is 0.600. The van der Waals surface area contributed by atoms with Crippen molar-refractivity contribution in [3.8, 4) is 5.75 Å². The Hall–Kier alpha value is -1.06. The zero-order valence-corrected chi connectivity index (χ0v) is 11.1. The van der Waals surface area contributed by atoms with E-state index in [1.54, 1.807) is 0 Å². The van der Waals surface area contributed by atoms with Gasteiger partial charge >= 0.3 is 0 Å². The third-order valence-corrected chi connectivity index (χ3v) is 3.44. The summed E-state index contributed by atoms with van der Waals surface area (Å²) in [6.07, 6.45) is 3.44. The quantitative estimate of drug-likeness (QED) is 0.868. The number of benzene rings is 1. The van der Waals surface area contributed by atoms with E-state index in [4.69, 9.17) is 4.74 Å². The number of nitrogens with zero attached hydrogens (tertiary/aromatic N) is 1. The number of aliphatic hydroxyl groups is 1. The van der Waals surface area contributed by atoms with E-state index in [1.165, 1.54) is 19.3 Å². The van der Waals surface area contributed by atoms with Crippen LogP contribution in [0.3, 0.4) is 0 Å². The van der Waals surface area contributed by atoms with E-state index in [-0.39, 0.29) is 0 Å². The van der Waals surface area contributed by atoms with Gasteiger partial charge in [-0.15, -0.1) is 0 Å². The second-order valence-electron chi connectivity index (χ2n) is 5.09. The Bertz CT molecular complexity index is 361. The molecule has 0 radical (unpaired) electrons. The smallest absolute Gasteiger partial charge is 0.122 e. The maximum atomic E-state index is 9.99. The lowest BCUT2D eigenvalue weighted by Crippen LogP contribution is -2.38. The number of β-amino-alcohol motifs (C(OH)–C–C–N with tert-alkyl or cyclic N) is 1. The van der Waals surface area contributed by atoms with Gasteiger partial charge in [0.1, 0.15) is 18.5 Å². The molecule has 1 aliphatic rings. The number of para-hydroxylation sites is 1. The molecule has 0 saturated carbocycles. The van der Waals surface area contributed by atoms with Crippen LogP contribution in [0.15, 0.2) is 24.3 Å². The zero-order valence-electron chi connectivity index (χ0n) is 11.1. The Morgan fingerprint density at radius 3 is 2.67 bits per heavy atom. The van der Waals surface area contributed by atoms with Gasteiger partial charge in [-0.05, 0) is 44.5 Å². The number of piperidine rings is 1. The minimum absolute atomic E-state index is 0.376. The van der Waals surface area contributed by atoms with Crippen molar-refractivity contribution in [2.24, 2.45) is 0 Å². The molecular weight excluding hydrogens is 226 g/mol. The van der Waals surface area contributed by atoms with Crippen molar-refractivity contribution in [1.82, 2.24) is 4.90 Å². The third-order valence-electron chi connectivity index (χ3n) is 3.44. The molecule has 1 saturated heterocycles. The van der Waals surface area contributed by atoms with Gasteiger partial charge in [0.05, 0.1) is 0 Å². The van der Waals surface area contributed by atoms with Gasteiger partial charge in [-0.25, -0.2) is 0 Å². The highest BCUT2D eigenvalue weighted by Crippen LogP contribution is 2.16. The third kappa shape index (κ3) is 4.00. The summed E-state index contributed by atoms with van der Waals surface area (Å²) in [4.78, 5) is 2.33. The summed E-state index contributed by atoms with van der Waals surface area (Å²) >= 11 is 0. The molecule has 0 amide bonds. The van der Waals surface area contributed by atoms with Crippen molar-refractivity contribution >= 4 is 0 Å². The van der Waals surface area contributed by atoms with Crippen LogP contribution in [0.5, 0.6) is 5.75 Å². The highest BCUT2D eigenvalue weighted by molar-refractivity contribution is 5.31. The van der Waals surface area contributed by atoms with Crippen LogP contribution in [0.4, 0.5) is 0 Å². The number of aliphatic hydroxyl groups excluding tert-OH is 1. The van der Waals surface area contributed by atoms with Gasteiger partial charge in [-0.3, -0.25) is 0 Å². The predicted molar refractivity (Wildman–Crippen MR) is 73.0 cm³/mol. The summed E-state index contributed by atoms with van der Waals surface area (Å²) in [5.74, 6) is 0.871. The number of aryl methyl sites for hydroxylation is 1. The molecule has 1 atom stereocenters. The number of ether oxygens (including phenoxy) is 1. The first-order valence-electron chi connectivity index (χ1n) is 6.84. The van der Waals surface area contributed by atoms with E-state index in [9.17, 15) is 5.11 Å². The molecule has 0 spiro atoms. The lowest BCUT2D eigenvalue weighted by atomic mass is 10.1. The first kappa shape index (κ1) is 13.4. The first-order chi connectivity index (χ1) is 8.75. The number of likely N-dealkylation sites (tertiary alicyclic amines) is 1. The fourth-order valence-electron chi connectivity index (χ4n) is 2.40. The van der Waals surface area contributed by atoms with Gasteiger partial charge in [0.2, 0.25) is 0 Å². The summed E-state index contributed by atoms with van der Waals surface area (Å²) in [6.45, 7) is 5.35. The van der Waals surface area contributed by atoms with Crippen LogP contribution in [-0.4, -0.2) is 42.4 Å². The molecule has 1 aromatic rings. The Morgan fingerprint density at radius 2 is 1.94 bits per heavy atom. The molecule has 1 aliphatic heterocycles. The molecule has 2 rings (SSSR count). The van der Waals surface area contributed by atoms with Gasteiger partial charge in [0.25, 0.3) is 0 Å². The molecule has 0 bridgehead atoms. The largest absolute Gasteiger partial charge is 0.491 e. The van der Waals surface area contributed by atoms with Crippen molar-refractivity contribution in [2.75, 3.05) is 26.2 Å². The average Bonchev–Trinajstić information content (AvgIpc) is 2.39. The number of hydrogen-bond acceptors (Lipinski definition) is 3. The summed E-state index contributed by atoms with van der Waals surface area (Å²) in [5.41, 5.74) is 1.11. The maximum Gasteiger partial charge on any atom is 0.122 e. The Balaban J connectivity index is 1.74. The standard InChI is InChI=1S/C15H23NO2/c1-13-7-3-4-8-15(13)18-12-14(17)11-16-9-5-2-6-10-16/h3-4,7-8,14,17H,2,5-6,9-12H2,1H3/t14-/m0/s1. The fourth-order valence-corrected chi connectivity index (χ4v) is 2.40. The topological polar surface area (TPSA) is 32.7 Å². The predicted octanol–water partition coefficient (Wildman–Crippen LogP) is 2.22. The van der Waals surface area contributed by atoms with Crippen LogP contribution < -0.4 is 4.74 Å². The lowest BCUT2D eigenvalue weighted by molar-refractivity contribution is 0.0615. The molecule has 18 heavy (non-hydrogen) atoms. The van der Waals surface area contributed by atoms with Crippen LogP contribution >= 0.6 is 0 Å². The summed E-state index contributed by atoms with van der Waals surface area (Å²) < 4.78 is 5.66. The van der Waals surface area contributed by atoms with E-state index < -0.39 is 6.10 Å². The molecular formula is C15H23NO2. The van der Waals surface area contributed by atoms with Crippen molar-refractivity contribution in [3.63, 3.8) is 0 Å². The van der Waals surface area contributed by atoms with Gasteiger partial charge < -0.3 is 14.7 Å². The van der Waals surface area contributed by atoms with Crippen molar-refractivity contribution in [1.29, 1.82) is 0 Å². The number of rotatable bonds is 5. The van der Waals surface area contributed by atoms with Gasteiger partial charge in [0, 0.05) is 6.54 Å². The normalized spacial score (nSPS) is 18.6. The van der Waals surface area contributed by atoms with Crippen molar-refractivity contribution in [3.05, 3.63) is 29.8 Å². The van der Waals surface area contributed by atoms with E-state index >= 15 is 0 Å². The summed E-state index contributed by atoms with van der Waals surface area (Å²) in [5, 5.41) is 9.99. The van der Waals surface area contributed by atoms with Crippen molar-refractivity contribution < 1.29 is 9.84 Å². The second-order valence-corrected chi connectivity index (χ2v) is 5.09. The molecule has 1 aromatic carbocycles. The van der Waals surface area contributed by atoms with Gasteiger partial charge in [-0.1, -0.05) is 24.6 Å². The maximum absolute atomic E-state index is 9.99. The molecule has 0 aromatic heterocycles. The van der Waals surface area contributed by atoms with E-state index in [0.29, 0.717) is 6.61 Å². The average molecular weight is 249 g/mol. The molecule has 3 heteroatoms. The molecule has 1 fully saturated rings. The molecule has 100 valence electrons. The molecule has 1 N–H and O–H groups in total. The van der Waals surface area contributed by atoms with Crippen LogP contribution in [0.1, 0.15) is 24.8 Å². The number of hydrogen-bond donors (Lipinski definition) is 1. The Kier molecular flexibility index (Phi) is 5.02. The molecule has 3 nitrogen and oxygen atoms in total. The van der Waals surface area contributed by atoms with Crippen LogP contribution in [0.25, 0.3) is 0 Å². The molecule has 1 heterocycles. The highest BCUT2D eigenvalue weighted by Gasteiger charge is 2.15. The van der Waals surface area contributed by atoms with Crippen LogP contribution in [0.2, 0.25) is 0 Å². The lowest BCUT2D eigenvalue weighted by Gasteiger charge is -2.28. The van der Waals surface area contributed by atoms with Crippen molar-refractivity contribution in [2.45, 2.75) is 32.3 Å². The second kappa shape index (κ2) is 6.76. The highest BCUT2D eigenvalue weighted by atomic mass is 16.5. The van der Waals surface area contributed by atoms with Gasteiger partial charge in [0.15, 0.2) is 0 Å². The van der Waals surface area contributed by atoms with Crippen LogP contribution in [-0.2, 0) is 0 Å². The minimum atomic E-state index is -0.400. The summed E-state index contributed by atoms with van der Waals surface area (Å²) in [6, 6.07) is 7.92. The summed E-state index contributed by atoms with van der Waals surface area (Å²) in [7, 11) is 0. The molecule has 0 unspecified atom stereocenters. The SMILES string of the molecule is Cc1ccccc1OC[C@@H](O)CN1CCCCC1. The monoisotopic (exact) mass is 249 g/mol. The Labute approximate surface area is 109 Å². The zero-order chi connectivity index (χ0) is 12.8. The van der Waals surface area contributed by atoms with E-state index in [2.05, 4.69) is 4.90 Å². The first-order valence-corrected chi connectivity index (χ1v) is 6.84. The molecule has 0 aliphatic carbocycles.